The first-order valence-electron chi connectivity index (χ1n) is 7.99. The highest BCUT2D eigenvalue weighted by Crippen LogP contribution is 2.23. The minimum absolute atomic E-state index is 0.232. The summed E-state index contributed by atoms with van der Waals surface area (Å²) < 4.78 is 1.73. The van der Waals surface area contributed by atoms with Crippen molar-refractivity contribution in [1.82, 2.24) is 14.4 Å². The lowest BCUT2D eigenvalue weighted by molar-refractivity contribution is 0.102. The number of amides is 1. The second-order valence-electron chi connectivity index (χ2n) is 5.67. The molecule has 0 spiro atoms. The Kier molecular flexibility index (Phi) is 3.86. The first kappa shape index (κ1) is 15.6. The van der Waals surface area contributed by atoms with Gasteiger partial charge in [-0.1, -0.05) is 36.7 Å². The minimum atomic E-state index is -0.232. The van der Waals surface area contributed by atoms with E-state index in [0.717, 1.165) is 16.6 Å². The number of aromatic nitrogens is 3. The summed E-state index contributed by atoms with van der Waals surface area (Å²) in [4.78, 5) is 21.9. The number of carbonyl (C=O) groups excluding carboxylic acids is 1. The zero-order valence-corrected chi connectivity index (χ0v) is 14.3. The van der Waals surface area contributed by atoms with Crippen molar-refractivity contribution in [3.8, 4) is 0 Å². The first-order chi connectivity index (χ1) is 12.2. The Morgan fingerprint density at radius 1 is 1.20 bits per heavy atom. The molecule has 0 atom stereocenters. The summed E-state index contributed by atoms with van der Waals surface area (Å²) in [6.45, 7) is 1.97. The van der Waals surface area contributed by atoms with E-state index < -0.39 is 0 Å². The molecule has 0 saturated carbocycles. The van der Waals surface area contributed by atoms with Crippen molar-refractivity contribution in [2.75, 3.05) is 5.32 Å². The third-order valence-electron chi connectivity index (χ3n) is 4.09. The van der Waals surface area contributed by atoms with E-state index in [-0.39, 0.29) is 5.91 Å². The zero-order valence-electron chi connectivity index (χ0n) is 13.5. The molecule has 0 saturated heterocycles. The molecule has 0 aliphatic carbocycles. The Hall–Kier alpha value is -2.92. The van der Waals surface area contributed by atoms with Gasteiger partial charge in [0.2, 0.25) is 0 Å². The van der Waals surface area contributed by atoms with Gasteiger partial charge >= 0.3 is 0 Å². The standard InChI is InChI=1S/C19H15ClN4O/c1-2-14-18(24-11-13(20)8-9-16(24)22-14)19(25)23-15-7-3-5-12-6-4-10-21-17(12)15/h3-11H,2H2,1H3,(H,23,25). The van der Waals surface area contributed by atoms with Crippen LogP contribution in [-0.2, 0) is 6.42 Å². The van der Waals surface area contributed by atoms with Crippen LogP contribution in [0.4, 0.5) is 5.69 Å². The van der Waals surface area contributed by atoms with Crippen LogP contribution in [0, 0.1) is 0 Å². The molecular weight excluding hydrogens is 336 g/mol. The van der Waals surface area contributed by atoms with Crippen molar-refractivity contribution < 1.29 is 4.79 Å². The molecule has 0 bridgehead atoms. The topological polar surface area (TPSA) is 59.3 Å². The number of fused-ring (bicyclic) bond motifs is 2. The van der Waals surface area contributed by atoms with Crippen LogP contribution in [0.2, 0.25) is 5.02 Å². The lowest BCUT2D eigenvalue weighted by Crippen LogP contribution is -2.16. The lowest BCUT2D eigenvalue weighted by Gasteiger charge is -2.09. The van der Waals surface area contributed by atoms with Gasteiger partial charge in [0.1, 0.15) is 11.3 Å². The molecule has 6 heteroatoms. The smallest absolute Gasteiger partial charge is 0.274 e. The van der Waals surface area contributed by atoms with Crippen LogP contribution in [0.5, 0.6) is 0 Å². The number of halogens is 1. The van der Waals surface area contributed by atoms with Crippen molar-refractivity contribution in [2.24, 2.45) is 0 Å². The molecule has 0 fully saturated rings. The van der Waals surface area contributed by atoms with Crippen LogP contribution in [0.25, 0.3) is 16.6 Å². The number of hydrogen-bond acceptors (Lipinski definition) is 3. The van der Waals surface area contributed by atoms with Gasteiger partial charge in [0.15, 0.2) is 0 Å². The number of pyridine rings is 2. The van der Waals surface area contributed by atoms with Crippen molar-refractivity contribution in [3.63, 3.8) is 0 Å². The summed E-state index contributed by atoms with van der Waals surface area (Å²) in [5.74, 6) is -0.232. The van der Waals surface area contributed by atoms with E-state index in [1.165, 1.54) is 0 Å². The third-order valence-corrected chi connectivity index (χ3v) is 4.31. The second-order valence-corrected chi connectivity index (χ2v) is 6.11. The summed E-state index contributed by atoms with van der Waals surface area (Å²) in [6, 6.07) is 13.1. The van der Waals surface area contributed by atoms with Gasteiger partial charge in [-0.3, -0.25) is 14.2 Å². The molecule has 5 nitrogen and oxygen atoms in total. The Balaban J connectivity index is 1.81. The van der Waals surface area contributed by atoms with Crippen LogP contribution in [0.15, 0.2) is 54.9 Å². The fourth-order valence-corrected chi connectivity index (χ4v) is 3.10. The van der Waals surface area contributed by atoms with Gasteiger partial charge < -0.3 is 5.32 Å². The number of benzene rings is 1. The molecule has 0 radical (unpaired) electrons. The van der Waals surface area contributed by atoms with E-state index in [0.29, 0.717) is 28.5 Å². The van der Waals surface area contributed by atoms with Crippen LogP contribution in [-0.4, -0.2) is 20.3 Å². The number of carbonyl (C=O) groups is 1. The normalized spacial score (nSPS) is 11.1. The molecule has 3 heterocycles. The number of anilines is 1. The van der Waals surface area contributed by atoms with Crippen molar-refractivity contribution >= 4 is 39.7 Å². The maximum absolute atomic E-state index is 13.0. The highest BCUT2D eigenvalue weighted by atomic mass is 35.5. The quantitative estimate of drug-likeness (QED) is 0.597. The molecule has 1 aromatic carbocycles. The number of nitrogens with zero attached hydrogens (tertiary/aromatic N) is 3. The number of para-hydroxylation sites is 1. The van der Waals surface area contributed by atoms with Crippen LogP contribution in [0.3, 0.4) is 0 Å². The fraction of sp³-hybridized carbons (Fsp3) is 0.105. The van der Waals surface area contributed by atoms with Crippen molar-refractivity contribution in [2.45, 2.75) is 13.3 Å². The average Bonchev–Trinajstić information content (AvgIpc) is 3.00. The monoisotopic (exact) mass is 350 g/mol. The first-order valence-corrected chi connectivity index (χ1v) is 8.36. The van der Waals surface area contributed by atoms with Gasteiger partial charge in [0, 0.05) is 17.8 Å². The van der Waals surface area contributed by atoms with E-state index in [1.807, 2.05) is 37.3 Å². The lowest BCUT2D eigenvalue weighted by atomic mass is 10.2. The molecular formula is C19H15ClN4O. The molecule has 4 aromatic rings. The molecule has 3 aromatic heterocycles. The molecule has 25 heavy (non-hydrogen) atoms. The Labute approximate surface area is 149 Å². The van der Waals surface area contributed by atoms with E-state index >= 15 is 0 Å². The predicted octanol–water partition coefficient (Wildman–Crippen LogP) is 4.35. The van der Waals surface area contributed by atoms with Gasteiger partial charge in [-0.15, -0.1) is 0 Å². The van der Waals surface area contributed by atoms with Gasteiger partial charge in [0.25, 0.3) is 5.91 Å². The van der Waals surface area contributed by atoms with Crippen molar-refractivity contribution in [1.29, 1.82) is 0 Å². The molecule has 0 aliphatic rings. The molecule has 4 rings (SSSR count). The van der Waals surface area contributed by atoms with Gasteiger partial charge in [-0.2, -0.15) is 0 Å². The summed E-state index contributed by atoms with van der Waals surface area (Å²) in [5.41, 5.74) is 3.34. The number of rotatable bonds is 3. The molecule has 0 aliphatic heterocycles. The van der Waals surface area contributed by atoms with E-state index in [9.17, 15) is 4.79 Å². The third kappa shape index (κ3) is 2.72. The van der Waals surface area contributed by atoms with Gasteiger partial charge in [0.05, 0.1) is 21.9 Å². The summed E-state index contributed by atoms with van der Waals surface area (Å²) in [7, 11) is 0. The fourth-order valence-electron chi connectivity index (χ4n) is 2.94. The maximum atomic E-state index is 13.0. The highest BCUT2D eigenvalue weighted by Gasteiger charge is 2.19. The predicted molar refractivity (Wildman–Crippen MR) is 99.3 cm³/mol. The Morgan fingerprint density at radius 2 is 2.04 bits per heavy atom. The average molecular weight is 351 g/mol. The molecule has 124 valence electrons. The number of aryl methyl sites for hydroxylation is 1. The van der Waals surface area contributed by atoms with Gasteiger partial charge in [-0.05, 0) is 30.7 Å². The zero-order chi connectivity index (χ0) is 17.4. The van der Waals surface area contributed by atoms with E-state index in [2.05, 4.69) is 15.3 Å². The van der Waals surface area contributed by atoms with Gasteiger partial charge in [-0.25, -0.2) is 4.98 Å². The molecule has 1 N–H and O–H groups in total. The minimum Gasteiger partial charge on any atom is -0.319 e. The Morgan fingerprint density at radius 3 is 2.88 bits per heavy atom. The van der Waals surface area contributed by atoms with Crippen LogP contribution >= 0.6 is 11.6 Å². The second kappa shape index (κ2) is 6.18. The van der Waals surface area contributed by atoms with Crippen LogP contribution < -0.4 is 5.32 Å². The van der Waals surface area contributed by atoms with Crippen LogP contribution in [0.1, 0.15) is 23.1 Å². The molecule has 0 unspecified atom stereocenters. The number of nitrogens with one attached hydrogen (secondary N) is 1. The maximum Gasteiger partial charge on any atom is 0.274 e. The highest BCUT2D eigenvalue weighted by molar-refractivity contribution is 6.30. The number of hydrogen-bond donors (Lipinski definition) is 1. The van der Waals surface area contributed by atoms with E-state index in [4.69, 9.17) is 11.6 Å². The summed E-state index contributed by atoms with van der Waals surface area (Å²) >= 11 is 6.10. The Bertz CT molecular complexity index is 1100. The molecule has 1 amide bonds. The van der Waals surface area contributed by atoms with E-state index in [1.54, 1.807) is 28.9 Å². The number of imidazole rings is 1. The largest absolute Gasteiger partial charge is 0.319 e. The summed E-state index contributed by atoms with van der Waals surface area (Å²) in [6.07, 6.45) is 4.07. The SMILES string of the molecule is CCc1nc2ccc(Cl)cn2c1C(=O)Nc1cccc2cccnc12. The summed E-state index contributed by atoms with van der Waals surface area (Å²) in [5, 5.41) is 4.49. The van der Waals surface area contributed by atoms with Crippen molar-refractivity contribution in [3.05, 3.63) is 71.3 Å².